The monoisotopic (exact) mass is 481 g/mol. The number of halogens is 4. The van der Waals surface area contributed by atoms with Gasteiger partial charge in [-0.15, -0.1) is 0 Å². The predicted molar refractivity (Wildman–Crippen MR) is 122 cm³/mol. The van der Waals surface area contributed by atoms with Crippen molar-refractivity contribution in [3.05, 3.63) is 64.7 Å². The van der Waals surface area contributed by atoms with Crippen LogP contribution in [-0.2, 0) is 15.8 Å². The van der Waals surface area contributed by atoms with E-state index in [0.717, 1.165) is 37.9 Å². The first-order chi connectivity index (χ1) is 15.8. The summed E-state index contributed by atoms with van der Waals surface area (Å²) in [5.74, 6) is -0.324. The predicted octanol–water partition coefficient (Wildman–Crippen LogP) is 5.42. The Kier molecular flexibility index (Phi) is 8.74. The van der Waals surface area contributed by atoms with Gasteiger partial charge in [0.05, 0.1) is 10.6 Å². The second kappa shape index (κ2) is 11.5. The number of alkyl halides is 3. The van der Waals surface area contributed by atoms with E-state index in [1.54, 1.807) is 24.3 Å². The summed E-state index contributed by atoms with van der Waals surface area (Å²) in [7, 11) is 0. The van der Waals surface area contributed by atoms with Crippen LogP contribution >= 0.6 is 11.6 Å². The number of nitrogens with zero attached hydrogens (tertiary/aromatic N) is 1. The summed E-state index contributed by atoms with van der Waals surface area (Å²) < 4.78 is 39.5. The van der Waals surface area contributed by atoms with Gasteiger partial charge in [0.15, 0.2) is 0 Å². The molecule has 5 nitrogen and oxygen atoms in total. The number of anilines is 1. The smallest absolute Gasteiger partial charge is 0.343 e. The van der Waals surface area contributed by atoms with Gasteiger partial charge >= 0.3 is 6.18 Å². The summed E-state index contributed by atoms with van der Waals surface area (Å²) in [6.45, 7) is 1.81. The lowest BCUT2D eigenvalue weighted by Gasteiger charge is -2.22. The van der Waals surface area contributed by atoms with E-state index < -0.39 is 28.7 Å². The normalized spacial score (nSPS) is 15.8. The van der Waals surface area contributed by atoms with Crippen LogP contribution in [0, 0.1) is 0 Å². The number of amides is 2. The SMILES string of the molecule is O=C(Nc1ccc(Cl)c(C(F)(F)F)c1)[C@H](NCCCN1CCCCCC1=O)c1ccccc1. The van der Waals surface area contributed by atoms with E-state index in [0.29, 0.717) is 31.5 Å². The maximum atomic E-state index is 13.2. The fourth-order valence-electron chi connectivity index (χ4n) is 3.83. The van der Waals surface area contributed by atoms with Gasteiger partial charge in [0.2, 0.25) is 11.8 Å². The van der Waals surface area contributed by atoms with Gasteiger partial charge in [0.1, 0.15) is 6.04 Å². The summed E-state index contributed by atoms with van der Waals surface area (Å²) in [5, 5.41) is 5.32. The molecule has 1 saturated heterocycles. The van der Waals surface area contributed by atoms with Gasteiger partial charge in [-0.3, -0.25) is 9.59 Å². The number of nitrogens with one attached hydrogen (secondary N) is 2. The molecule has 1 atom stereocenters. The minimum atomic E-state index is -4.63. The maximum Gasteiger partial charge on any atom is 0.417 e. The molecule has 178 valence electrons. The second-order valence-corrected chi connectivity index (χ2v) is 8.43. The van der Waals surface area contributed by atoms with Crippen LogP contribution < -0.4 is 10.6 Å². The Morgan fingerprint density at radius 1 is 1.09 bits per heavy atom. The van der Waals surface area contributed by atoms with Crippen LogP contribution in [0.3, 0.4) is 0 Å². The minimum Gasteiger partial charge on any atom is -0.343 e. The second-order valence-electron chi connectivity index (χ2n) is 8.02. The fraction of sp³-hybridized carbons (Fsp3) is 0.417. The lowest BCUT2D eigenvalue weighted by molar-refractivity contribution is -0.137. The van der Waals surface area contributed by atoms with Crippen LogP contribution in [0.25, 0.3) is 0 Å². The van der Waals surface area contributed by atoms with E-state index in [9.17, 15) is 22.8 Å². The van der Waals surface area contributed by atoms with Gasteiger partial charge in [-0.1, -0.05) is 48.4 Å². The number of likely N-dealkylation sites (tertiary alicyclic amines) is 1. The fourth-order valence-corrected chi connectivity index (χ4v) is 4.06. The van der Waals surface area contributed by atoms with Crippen molar-refractivity contribution in [2.24, 2.45) is 0 Å². The molecule has 0 unspecified atom stereocenters. The Morgan fingerprint density at radius 2 is 1.85 bits per heavy atom. The number of benzene rings is 2. The van der Waals surface area contributed by atoms with Crippen LogP contribution in [0.15, 0.2) is 48.5 Å². The minimum absolute atomic E-state index is 0.00891. The topological polar surface area (TPSA) is 61.4 Å². The van der Waals surface area contributed by atoms with Gasteiger partial charge in [-0.2, -0.15) is 13.2 Å². The first-order valence-corrected chi connectivity index (χ1v) is 11.4. The lowest BCUT2D eigenvalue weighted by Crippen LogP contribution is -2.36. The molecule has 1 fully saturated rings. The molecular weight excluding hydrogens is 455 g/mol. The van der Waals surface area contributed by atoms with Crippen LogP contribution in [0.1, 0.15) is 49.3 Å². The molecule has 1 aliphatic heterocycles. The van der Waals surface area contributed by atoms with Crippen LogP contribution in [0.5, 0.6) is 0 Å². The van der Waals surface area contributed by atoms with Crippen LogP contribution in [-0.4, -0.2) is 36.3 Å². The van der Waals surface area contributed by atoms with Crippen molar-refractivity contribution >= 4 is 29.1 Å². The molecule has 2 amide bonds. The van der Waals surface area contributed by atoms with Crippen molar-refractivity contribution in [2.75, 3.05) is 25.0 Å². The average Bonchev–Trinajstić information content (AvgIpc) is 2.98. The van der Waals surface area contributed by atoms with E-state index in [-0.39, 0.29) is 11.6 Å². The third-order valence-electron chi connectivity index (χ3n) is 5.56. The summed E-state index contributed by atoms with van der Waals surface area (Å²) in [5.41, 5.74) is -0.311. The maximum absolute atomic E-state index is 13.2. The molecule has 0 bridgehead atoms. The zero-order valence-electron chi connectivity index (χ0n) is 18.1. The van der Waals surface area contributed by atoms with E-state index >= 15 is 0 Å². The molecule has 1 heterocycles. The lowest BCUT2D eigenvalue weighted by atomic mass is 10.1. The number of rotatable bonds is 8. The standard InChI is InChI=1S/C24H27ClF3N3O2/c25-20-12-11-18(16-19(20)24(26,27)28)30-23(33)22(17-8-3-1-4-9-17)29-13-7-15-31-14-6-2-5-10-21(31)32/h1,3-4,8-9,11-12,16,22,29H,2,5-7,10,13-15H2,(H,30,33)/t22-/m1/s1. The highest BCUT2D eigenvalue weighted by Crippen LogP contribution is 2.36. The first-order valence-electron chi connectivity index (χ1n) is 11.0. The van der Waals surface area contributed by atoms with Gasteiger partial charge in [-0.25, -0.2) is 0 Å². The molecule has 2 aromatic carbocycles. The van der Waals surface area contributed by atoms with Crippen molar-refractivity contribution in [3.8, 4) is 0 Å². The third-order valence-corrected chi connectivity index (χ3v) is 5.89. The Balaban J connectivity index is 1.66. The van der Waals surface area contributed by atoms with E-state index in [1.807, 2.05) is 11.0 Å². The number of hydrogen-bond acceptors (Lipinski definition) is 3. The third kappa shape index (κ3) is 7.20. The van der Waals surface area contributed by atoms with E-state index in [2.05, 4.69) is 10.6 Å². The van der Waals surface area contributed by atoms with E-state index in [1.165, 1.54) is 6.07 Å². The summed E-state index contributed by atoms with van der Waals surface area (Å²) in [6.07, 6.45) is -0.429. The highest BCUT2D eigenvalue weighted by atomic mass is 35.5. The Bertz CT molecular complexity index is 954. The highest BCUT2D eigenvalue weighted by molar-refractivity contribution is 6.31. The largest absolute Gasteiger partial charge is 0.417 e. The van der Waals surface area contributed by atoms with Crippen LogP contribution in [0.4, 0.5) is 18.9 Å². The van der Waals surface area contributed by atoms with Gasteiger partial charge in [0, 0.05) is 25.2 Å². The van der Waals surface area contributed by atoms with Crippen molar-refractivity contribution < 1.29 is 22.8 Å². The molecule has 1 aliphatic rings. The zero-order valence-corrected chi connectivity index (χ0v) is 18.9. The highest BCUT2D eigenvalue weighted by Gasteiger charge is 2.33. The molecule has 0 spiro atoms. The molecule has 0 aromatic heterocycles. The quantitative estimate of drug-likeness (QED) is 0.495. The van der Waals surface area contributed by atoms with Gasteiger partial charge in [0.25, 0.3) is 0 Å². The number of carbonyl (C=O) groups is 2. The Morgan fingerprint density at radius 3 is 2.58 bits per heavy atom. The Labute approximate surface area is 196 Å². The number of carbonyl (C=O) groups excluding carboxylic acids is 2. The molecular formula is C24H27ClF3N3O2. The molecule has 0 saturated carbocycles. The van der Waals surface area contributed by atoms with Crippen molar-refractivity contribution in [3.63, 3.8) is 0 Å². The van der Waals surface area contributed by atoms with Crippen molar-refractivity contribution in [1.29, 1.82) is 0 Å². The molecule has 33 heavy (non-hydrogen) atoms. The van der Waals surface area contributed by atoms with Gasteiger partial charge in [-0.05, 0) is 49.6 Å². The summed E-state index contributed by atoms with van der Waals surface area (Å²) in [6, 6.07) is 11.5. The molecule has 0 radical (unpaired) electrons. The molecule has 2 N–H and O–H groups in total. The average molecular weight is 482 g/mol. The molecule has 9 heteroatoms. The summed E-state index contributed by atoms with van der Waals surface area (Å²) in [4.78, 5) is 27.0. The van der Waals surface area contributed by atoms with Crippen molar-refractivity contribution in [1.82, 2.24) is 10.2 Å². The van der Waals surface area contributed by atoms with Gasteiger partial charge < -0.3 is 15.5 Å². The van der Waals surface area contributed by atoms with E-state index in [4.69, 9.17) is 11.6 Å². The molecule has 3 rings (SSSR count). The van der Waals surface area contributed by atoms with Crippen molar-refractivity contribution in [2.45, 2.75) is 44.3 Å². The Hall–Kier alpha value is -2.58. The molecule has 0 aliphatic carbocycles. The van der Waals surface area contributed by atoms with Crippen LogP contribution in [0.2, 0.25) is 5.02 Å². The molecule has 2 aromatic rings. The summed E-state index contributed by atoms with van der Waals surface area (Å²) >= 11 is 5.67. The zero-order chi connectivity index (χ0) is 23.8. The number of hydrogen-bond donors (Lipinski definition) is 2. The first kappa shape index (κ1) is 25.1.